The molecule has 0 aromatic rings. The van der Waals surface area contributed by atoms with Crippen molar-refractivity contribution in [1.29, 1.82) is 0 Å². The number of carbonyl (C=O) groups is 4. The Balaban J connectivity index is -0.000000108. The molecule has 11 nitrogen and oxygen atoms in total. The average molecular weight is 386 g/mol. The molecular weight excluding hydrogens is 373 g/mol. The van der Waals surface area contributed by atoms with Crippen molar-refractivity contribution in [3.63, 3.8) is 0 Å². The van der Waals surface area contributed by atoms with Gasteiger partial charge in [-0.05, 0) is 0 Å². The Kier molecular flexibility index (Phi) is 22.4. The van der Waals surface area contributed by atoms with E-state index in [2.05, 4.69) is 4.74 Å². The first-order chi connectivity index (χ1) is 8.59. The minimum Gasteiger partial charge on any atom is -1.00 e. The molecule has 0 aliphatic carbocycles. The van der Waals surface area contributed by atoms with E-state index in [0.29, 0.717) is 0 Å². The molecule has 0 amide bonds. The molecule has 4 atom stereocenters. The Morgan fingerprint density at radius 1 is 0.682 bits per heavy atom. The van der Waals surface area contributed by atoms with Crippen molar-refractivity contribution in [2.45, 2.75) is 24.4 Å². The maximum Gasteiger partial charge on any atom is 1.00 e. The number of carboxylic acids is 2. The van der Waals surface area contributed by atoms with Crippen molar-refractivity contribution in [2.75, 3.05) is 0 Å². The van der Waals surface area contributed by atoms with Crippen molar-refractivity contribution in [3.8, 4) is 0 Å². The van der Waals surface area contributed by atoms with Crippen LogP contribution in [0.5, 0.6) is 0 Å². The summed E-state index contributed by atoms with van der Waals surface area (Å²) < 4.78 is 3.69. The minimum absolute atomic E-state index is 0. The maximum absolute atomic E-state index is 10.9. The molecule has 0 aromatic carbocycles. The van der Waals surface area contributed by atoms with Crippen LogP contribution in [-0.4, -0.2) is 78.9 Å². The van der Waals surface area contributed by atoms with Crippen LogP contribution in [0.25, 0.3) is 0 Å². The normalized spacial score (nSPS) is 14.5. The van der Waals surface area contributed by atoms with Gasteiger partial charge in [0.25, 0.3) is 0 Å². The van der Waals surface area contributed by atoms with E-state index in [-0.39, 0.29) is 137 Å². The monoisotopic (exact) mass is 386 g/mol. The van der Waals surface area contributed by atoms with Gasteiger partial charge in [0, 0.05) is 0 Å². The summed E-state index contributed by atoms with van der Waals surface area (Å²) >= 11 is 0. The predicted octanol–water partition coefficient (Wildman–Crippen LogP) is -13.0. The van der Waals surface area contributed by atoms with Crippen molar-refractivity contribution < 1.29 is 191 Å². The fraction of sp³-hybridized carbons (Fsp3) is 0.500. The molecule has 114 valence electrons. The van der Waals surface area contributed by atoms with Crippen LogP contribution < -0.4 is 132 Å². The molecule has 6 N–H and O–H groups in total. The molecule has 0 aliphatic heterocycles. The number of ether oxygens (including phenoxy) is 1. The van der Waals surface area contributed by atoms with Gasteiger partial charge < -0.3 is 39.7 Å². The summed E-state index contributed by atoms with van der Waals surface area (Å²) in [6.45, 7) is 0. The Morgan fingerprint density at radius 2 is 0.909 bits per heavy atom. The van der Waals surface area contributed by atoms with Gasteiger partial charge in [-0.1, -0.05) is 0 Å². The molecule has 0 aliphatic rings. The third-order valence-electron chi connectivity index (χ3n) is 1.79. The summed E-state index contributed by atoms with van der Waals surface area (Å²) in [6, 6.07) is 0. The van der Waals surface area contributed by atoms with Gasteiger partial charge in [-0.2, -0.15) is 0 Å². The van der Waals surface area contributed by atoms with E-state index in [4.69, 9.17) is 30.6 Å². The molecule has 14 heteroatoms. The van der Waals surface area contributed by atoms with Gasteiger partial charge in [0.2, 0.25) is 0 Å². The van der Waals surface area contributed by atoms with E-state index in [1.54, 1.807) is 0 Å². The summed E-state index contributed by atoms with van der Waals surface area (Å²) in [5.74, 6) is -7.83. The average Bonchev–Trinajstić information content (AvgIpc) is 2.34. The van der Waals surface area contributed by atoms with E-state index in [1.165, 1.54) is 0 Å². The Bertz CT molecular complexity index is 381. The number of carboxylic acid groups (broad SMARTS) is 2. The van der Waals surface area contributed by atoms with Crippen LogP contribution in [0.3, 0.4) is 0 Å². The topological polar surface area (TPSA) is 199 Å². The zero-order valence-electron chi connectivity index (χ0n) is 15.0. The first kappa shape index (κ1) is 31.9. The smallest absolute Gasteiger partial charge is 1.00 e. The zero-order valence-corrected chi connectivity index (χ0v) is 20.3. The van der Waals surface area contributed by atoms with Gasteiger partial charge in [-0.15, -0.1) is 0 Å². The van der Waals surface area contributed by atoms with Gasteiger partial charge >= 0.3 is 156 Å². The third-order valence-corrected chi connectivity index (χ3v) is 1.79. The molecule has 0 spiro atoms. The van der Waals surface area contributed by atoms with Crippen LogP contribution in [-0.2, 0) is 23.9 Å². The van der Waals surface area contributed by atoms with E-state index in [0.717, 1.165) is 0 Å². The molecule has 4 unspecified atom stereocenters. The fourth-order valence-corrected chi connectivity index (χ4v) is 0.748. The molecule has 22 heavy (non-hydrogen) atoms. The van der Waals surface area contributed by atoms with Crippen molar-refractivity contribution in [3.05, 3.63) is 0 Å². The molecular formula is C8H13K2NaO11. The Morgan fingerprint density at radius 3 is 1.09 bits per heavy atom. The minimum atomic E-state index is -2.63. The van der Waals surface area contributed by atoms with Crippen molar-refractivity contribution >= 4 is 23.9 Å². The summed E-state index contributed by atoms with van der Waals surface area (Å²) in [6.07, 6.45) is -10.4. The first-order valence-electron chi connectivity index (χ1n) is 4.53. The molecule has 0 aromatic heterocycles. The van der Waals surface area contributed by atoms with Gasteiger partial charge in [0.1, 0.15) is 0 Å². The number of aliphatic carboxylic acids is 2. The van der Waals surface area contributed by atoms with Crippen LogP contribution in [0.2, 0.25) is 0 Å². The van der Waals surface area contributed by atoms with Gasteiger partial charge in [-0.3, -0.25) is 0 Å². The van der Waals surface area contributed by atoms with Crippen LogP contribution >= 0.6 is 0 Å². The molecule has 0 fully saturated rings. The molecule has 0 rings (SSSR count). The zero-order chi connectivity index (χ0) is 15.3. The van der Waals surface area contributed by atoms with Gasteiger partial charge in [0.05, 0.1) is 0 Å². The second kappa shape index (κ2) is 15.4. The van der Waals surface area contributed by atoms with Crippen LogP contribution in [0, 0.1) is 0 Å². The summed E-state index contributed by atoms with van der Waals surface area (Å²) in [5, 5.41) is 51.8. The SMILES string of the molecule is O=C(O)C(O)C(O)C(=O)OC(=O)C(O)C(O)C(=O)O.[H-].[H-].[H-].[K+].[K+].[Na+]. The maximum atomic E-state index is 10.9. The van der Waals surface area contributed by atoms with Crippen LogP contribution in [0.4, 0.5) is 0 Å². The molecule has 0 heterocycles. The second-order valence-electron chi connectivity index (χ2n) is 3.20. The number of aliphatic hydroxyl groups is 4. The number of esters is 2. The number of aliphatic hydroxyl groups excluding tert-OH is 4. The van der Waals surface area contributed by atoms with Crippen LogP contribution in [0.1, 0.15) is 4.28 Å². The summed E-state index contributed by atoms with van der Waals surface area (Å²) in [4.78, 5) is 42.3. The second-order valence-corrected chi connectivity index (χ2v) is 3.20. The third kappa shape index (κ3) is 10.9. The fourth-order valence-electron chi connectivity index (χ4n) is 0.748. The first-order valence-corrected chi connectivity index (χ1v) is 4.53. The summed E-state index contributed by atoms with van der Waals surface area (Å²) in [5.41, 5.74) is 0. The Hall–Kier alpha value is 2.19. The van der Waals surface area contributed by atoms with E-state index < -0.39 is 48.3 Å². The van der Waals surface area contributed by atoms with Gasteiger partial charge in [0.15, 0.2) is 24.4 Å². The van der Waals surface area contributed by atoms with Crippen LogP contribution in [0.15, 0.2) is 0 Å². The van der Waals surface area contributed by atoms with Crippen molar-refractivity contribution in [1.82, 2.24) is 0 Å². The van der Waals surface area contributed by atoms with E-state index in [1.807, 2.05) is 0 Å². The van der Waals surface area contributed by atoms with Gasteiger partial charge in [-0.25, -0.2) is 19.2 Å². The van der Waals surface area contributed by atoms with E-state index in [9.17, 15) is 19.2 Å². The number of rotatable bonds is 6. The quantitative estimate of drug-likeness (QED) is 0.144. The predicted molar refractivity (Wildman–Crippen MR) is 53.7 cm³/mol. The summed E-state index contributed by atoms with van der Waals surface area (Å²) in [7, 11) is 0. The number of hydrogen-bond donors (Lipinski definition) is 6. The molecule has 0 saturated heterocycles. The van der Waals surface area contributed by atoms with E-state index >= 15 is 0 Å². The Labute approximate surface area is 235 Å². The largest absolute Gasteiger partial charge is 1.00 e. The molecule has 0 saturated carbocycles. The number of carbonyl (C=O) groups excluding carboxylic acids is 2. The van der Waals surface area contributed by atoms with Crippen molar-refractivity contribution in [2.24, 2.45) is 0 Å². The number of hydrogen-bond acceptors (Lipinski definition) is 9. The molecule has 0 radical (unpaired) electrons. The molecule has 0 bridgehead atoms. The standard InChI is InChI=1S/C8H10O11.2K.Na.3H/c9-1(5(13)14)3(11)7(17)19-8(18)4(12)2(10)6(15)16;;;;;;/h1-4,9-12H,(H,13,14)(H,15,16);;;;;;/q;3*+1;3*-1.